The molecular formula is C20H34O. The van der Waals surface area contributed by atoms with Gasteiger partial charge in [0.15, 0.2) is 0 Å². The van der Waals surface area contributed by atoms with Crippen LogP contribution in [0.2, 0.25) is 0 Å². The van der Waals surface area contributed by atoms with Crippen molar-refractivity contribution < 1.29 is 5.11 Å². The minimum absolute atomic E-state index is 0.399. The monoisotopic (exact) mass is 290 g/mol. The van der Waals surface area contributed by atoms with E-state index >= 15 is 0 Å². The molecule has 0 aliphatic heterocycles. The summed E-state index contributed by atoms with van der Waals surface area (Å²) < 4.78 is 0. The molecule has 0 spiro atoms. The van der Waals surface area contributed by atoms with E-state index in [2.05, 4.69) is 34.3 Å². The van der Waals surface area contributed by atoms with Crippen molar-refractivity contribution in [2.24, 2.45) is 35.0 Å². The molecule has 1 N–H and O–H groups in total. The first-order valence-corrected chi connectivity index (χ1v) is 9.19. The van der Waals surface area contributed by atoms with Crippen LogP contribution in [0.25, 0.3) is 0 Å². The van der Waals surface area contributed by atoms with Gasteiger partial charge in [-0.1, -0.05) is 39.8 Å². The topological polar surface area (TPSA) is 20.2 Å². The van der Waals surface area contributed by atoms with Gasteiger partial charge in [-0.05, 0) is 80.0 Å². The third kappa shape index (κ3) is 2.22. The summed E-state index contributed by atoms with van der Waals surface area (Å²) in [5, 5.41) is 11.6. The van der Waals surface area contributed by atoms with Crippen molar-refractivity contribution in [3.63, 3.8) is 0 Å². The zero-order valence-corrected chi connectivity index (χ0v) is 14.5. The Kier molecular flexibility index (Phi) is 3.80. The Hall–Kier alpha value is -0.300. The first-order valence-electron chi connectivity index (χ1n) is 9.19. The van der Waals surface area contributed by atoms with Crippen LogP contribution >= 0.6 is 0 Å². The largest absolute Gasteiger partial charge is 0.389 e. The molecule has 0 bridgehead atoms. The van der Waals surface area contributed by atoms with Gasteiger partial charge in [-0.15, -0.1) is 0 Å². The highest BCUT2D eigenvalue weighted by Crippen LogP contribution is 2.63. The fourth-order valence-electron chi connectivity index (χ4n) is 6.24. The molecule has 1 nitrogen and oxygen atoms in total. The summed E-state index contributed by atoms with van der Waals surface area (Å²) in [4.78, 5) is 0. The third-order valence-electron chi connectivity index (χ3n) is 7.57. The normalized spacial score (nSPS) is 50.7. The minimum atomic E-state index is -0.433. The summed E-state index contributed by atoms with van der Waals surface area (Å²) in [6.45, 7) is 14.0. The highest BCUT2D eigenvalue weighted by atomic mass is 16.3. The molecule has 0 aromatic rings. The Bertz CT molecular complexity index is 426. The molecule has 3 fully saturated rings. The van der Waals surface area contributed by atoms with Crippen molar-refractivity contribution in [2.75, 3.05) is 0 Å². The van der Waals surface area contributed by atoms with Crippen LogP contribution in [0.5, 0.6) is 0 Å². The zero-order chi connectivity index (χ0) is 15.4. The molecule has 3 saturated carbocycles. The highest BCUT2D eigenvalue weighted by molar-refractivity contribution is 5.20. The molecule has 0 heterocycles. The molecule has 0 saturated heterocycles. The second-order valence-corrected chi connectivity index (χ2v) is 9.05. The molecule has 0 aromatic heterocycles. The Labute approximate surface area is 131 Å². The molecule has 3 rings (SSSR count). The summed E-state index contributed by atoms with van der Waals surface area (Å²) in [5.41, 5.74) is 1.42. The first-order chi connectivity index (χ1) is 9.79. The Morgan fingerprint density at radius 3 is 2.57 bits per heavy atom. The van der Waals surface area contributed by atoms with Gasteiger partial charge < -0.3 is 5.11 Å². The van der Waals surface area contributed by atoms with E-state index in [0.717, 1.165) is 6.42 Å². The average Bonchev–Trinajstić information content (AvgIpc) is 2.40. The number of allylic oxidation sites excluding steroid dienone is 1. The average molecular weight is 290 g/mol. The molecule has 3 aliphatic rings. The standard InChI is InChI=1S/C20H34O/c1-13(2)16-9-8-15(4)20(21)12-11-19(5)10-6-7-14(3)17(19)18(16)20/h13,15-18,21H,3,6-12H2,1-2,4-5H3. The van der Waals surface area contributed by atoms with E-state index in [0.29, 0.717) is 35.0 Å². The third-order valence-corrected chi connectivity index (χ3v) is 7.57. The second kappa shape index (κ2) is 5.11. The molecule has 21 heavy (non-hydrogen) atoms. The van der Waals surface area contributed by atoms with Crippen LogP contribution in [0, 0.1) is 35.0 Å². The van der Waals surface area contributed by atoms with Crippen molar-refractivity contribution in [1.29, 1.82) is 0 Å². The van der Waals surface area contributed by atoms with Gasteiger partial charge in [0.1, 0.15) is 0 Å². The van der Waals surface area contributed by atoms with E-state index in [1.165, 1.54) is 44.1 Å². The maximum Gasteiger partial charge on any atom is 0.0710 e. The van der Waals surface area contributed by atoms with Crippen LogP contribution in [-0.2, 0) is 0 Å². The summed E-state index contributed by atoms with van der Waals surface area (Å²) in [5.74, 6) is 2.81. The number of aliphatic hydroxyl groups is 1. The van der Waals surface area contributed by atoms with E-state index < -0.39 is 5.60 Å². The van der Waals surface area contributed by atoms with Gasteiger partial charge in [0.2, 0.25) is 0 Å². The van der Waals surface area contributed by atoms with E-state index in [9.17, 15) is 5.11 Å². The minimum Gasteiger partial charge on any atom is -0.389 e. The van der Waals surface area contributed by atoms with Crippen molar-refractivity contribution in [1.82, 2.24) is 0 Å². The predicted octanol–water partition coefficient (Wildman–Crippen LogP) is 5.19. The maximum absolute atomic E-state index is 11.6. The van der Waals surface area contributed by atoms with Gasteiger partial charge in [-0.25, -0.2) is 0 Å². The lowest BCUT2D eigenvalue weighted by atomic mass is 9.44. The van der Waals surface area contributed by atoms with E-state index in [4.69, 9.17) is 0 Å². The van der Waals surface area contributed by atoms with Crippen LogP contribution < -0.4 is 0 Å². The van der Waals surface area contributed by atoms with E-state index in [-0.39, 0.29) is 0 Å². The summed E-state index contributed by atoms with van der Waals surface area (Å²) in [6, 6.07) is 0. The van der Waals surface area contributed by atoms with Gasteiger partial charge in [0.05, 0.1) is 5.60 Å². The Morgan fingerprint density at radius 1 is 1.19 bits per heavy atom. The number of fused-ring (bicyclic) bond motifs is 3. The second-order valence-electron chi connectivity index (χ2n) is 9.05. The van der Waals surface area contributed by atoms with Crippen LogP contribution in [0.4, 0.5) is 0 Å². The quantitative estimate of drug-likeness (QED) is 0.659. The van der Waals surface area contributed by atoms with Crippen LogP contribution in [-0.4, -0.2) is 10.7 Å². The Morgan fingerprint density at radius 2 is 1.90 bits per heavy atom. The lowest BCUT2D eigenvalue weighted by molar-refractivity contribution is -0.191. The molecule has 0 radical (unpaired) electrons. The summed E-state index contributed by atoms with van der Waals surface area (Å²) in [6.07, 6.45) is 8.53. The lowest BCUT2D eigenvalue weighted by Crippen LogP contribution is -2.61. The van der Waals surface area contributed by atoms with Crippen molar-refractivity contribution in [3.8, 4) is 0 Å². The maximum atomic E-state index is 11.6. The predicted molar refractivity (Wildman–Crippen MR) is 89.0 cm³/mol. The molecule has 120 valence electrons. The van der Waals surface area contributed by atoms with Gasteiger partial charge in [0, 0.05) is 0 Å². The summed E-state index contributed by atoms with van der Waals surface area (Å²) in [7, 11) is 0. The van der Waals surface area contributed by atoms with E-state index in [1.807, 2.05) is 0 Å². The SMILES string of the molecule is C=C1CCCC2(C)CCC3(O)C(C)CCC(C(C)C)C3C12. The number of hydrogen-bond donors (Lipinski definition) is 1. The van der Waals surface area contributed by atoms with Gasteiger partial charge in [-0.2, -0.15) is 0 Å². The zero-order valence-electron chi connectivity index (χ0n) is 14.5. The lowest BCUT2D eigenvalue weighted by Gasteiger charge is -2.62. The molecule has 0 aromatic carbocycles. The van der Waals surface area contributed by atoms with Crippen LogP contribution in [0.1, 0.15) is 72.6 Å². The first kappa shape index (κ1) is 15.6. The number of rotatable bonds is 1. The van der Waals surface area contributed by atoms with Gasteiger partial charge >= 0.3 is 0 Å². The van der Waals surface area contributed by atoms with Crippen LogP contribution in [0.15, 0.2) is 12.2 Å². The molecule has 6 atom stereocenters. The Balaban J connectivity index is 2.05. The molecule has 0 amide bonds. The molecular weight excluding hydrogens is 256 g/mol. The fraction of sp³-hybridized carbons (Fsp3) is 0.900. The summed E-state index contributed by atoms with van der Waals surface area (Å²) >= 11 is 0. The van der Waals surface area contributed by atoms with Crippen molar-refractivity contribution in [2.45, 2.75) is 78.2 Å². The van der Waals surface area contributed by atoms with Gasteiger partial charge in [-0.3, -0.25) is 0 Å². The molecule has 6 unspecified atom stereocenters. The van der Waals surface area contributed by atoms with Crippen LogP contribution in [0.3, 0.4) is 0 Å². The fourth-order valence-corrected chi connectivity index (χ4v) is 6.24. The van der Waals surface area contributed by atoms with Crippen molar-refractivity contribution in [3.05, 3.63) is 12.2 Å². The smallest absolute Gasteiger partial charge is 0.0710 e. The number of hydrogen-bond acceptors (Lipinski definition) is 1. The molecule has 1 heteroatoms. The molecule has 3 aliphatic carbocycles. The van der Waals surface area contributed by atoms with Gasteiger partial charge in [0.25, 0.3) is 0 Å². The van der Waals surface area contributed by atoms with Crippen molar-refractivity contribution >= 4 is 0 Å². The van der Waals surface area contributed by atoms with E-state index in [1.54, 1.807) is 0 Å². The highest BCUT2D eigenvalue weighted by Gasteiger charge is 2.60.